The number of nitrogens with one attached hydrogen (secondary N) is 4. The molecule has 17 heteroatoms. The van der Waals surface area contributed by atoms with Gasteiger partial charge in [0.25, 0.3) is 0 Å². The number of carbonyl (C=O) groups excluding carboxylic acids is 3. The second kappa shape index (κ2) is 18.6. The number of rotatable bonds is 13. The number of methoxy groups -OCH3 is 1. The molecule has 3 aliphatic heterocycles. The first-order valence-corrected chi connectivity index (χ1v) is 22.8. The molecule has 2 aromatic heterocycles. The predicted octanol–water partition coefficient (Wildman–Crippen LogP) is 8.45. The third-order valence-corrected chi connectivity index (χ3v) is 13.1. The van der Waals surface area contributed by atoms with Gasteiger partial charge in [-0.3, -0.25) is 9.59 Å². The Kier molecular flexibility index (Phi) is 12.9. The molecule has 3 aromatic carbocycles. The maximum atomic E-state index is 15.9. The van der Waals surface area contributed by atoms with E-state index in [4.69, 9.17) is 19.4 Å². The number of alkyl carbamates (subject to hydrolysis) is 1. The van der Waals surface area contributed by atoms with Crippen molar-refractivity contribution in [3.8, 4) is 5.75 Å². The van der Waals surface area contributed by atoms with E-state index in [1.807, 2.05) is 59.7 Å². The molecule has 0 radical (unpaired) electrons. The van der Waals surface area contributed by atoms with Crippen LogP contribution >= 0.6 is 0 Å². The standard InChI is InChI=1S/C48H60FN9O7/c1-25(2)41(54-47(61)62)45(59)56-20-8-10-38(56)43-50-32-15-12-28(22-34(32)52-43)36-17-18-37(58(36)30-14-19-40(31(49)24-30)65-27(5)6)29-13-16-33-35(23-29)53-44(51-33)39-11-9-21-57(39)46(60)42(26(3)4)55-48(63)64-7/h12-16,19,22-27,36-39,41-42,54H,8-11,17-18,20-21H2,1-7H3,(H,50,52)(H,51,53)(H,55,63)(H,61,62)/t36?,37?,38-,39-,41-,42-/m0/s1. The van der Waals surface area contributed by atoms with E-state index >= 15 is 4.39 Å². The van der Waals surface area contributed by atoms with Crippen LogP contribution in [0.1, 0.15) is 127 Å². The summed E-state index contributed by atoms with van der Waals surface area (Å²) in [5.41, 5.74) is 5.88. The number of H-pyrrole nitrogens is 2. The number of carboxylic acid groups (broad SMARTS) is 1. The summed E-state index contributed by atoms with van der Waals surface area (Å²) in [5, 5.41) is 14.6. The SMILES string of the molecule is COC(=O)N[C@H](C(=O)N1CCC[C@H]1c1nc2ccc(C3CCC(c4ccc5nc([C@@H]6CCCN6C(=O)[C@@H](NC(=O)O)C(C)C)[nH]c5c4)N3c3ccc(OC(C)C)c(F)c3)cc2[nH]1)C(C)C. The number of fused-ring (bicyclic) bond motifs is 2. The number of imidazole rings is 2. The van der Waals surface area contributed by atoms with Crippen LogP contribution in [0.2, 0.25) is 0 Å². The Bertz CT molecular complexity index is 2570. The number of amides is 4. The first kappa shape index (κ1) is 45.2. The molecule has 5 aromatic rings. The van der Waals surface area contributed by atoms with E-state index in [0.717, 1.165) is 65.3 Å². The van der Waals surface area contributed by atoms with Crippen LogP contribution in [0.4, 0.5) is 19.7 Å². The number of aromatic nitrogens is 4. The average molecular weight is 894 g/mol. The lowest BCUT2D eigenvalue weighted by Gasteiger charge is -2.33. The molecular formula is C48H60FN9O7. The van der Waals surface area contributed by atoms with Crippen molar-refractivity contribution >= 4 is 51.8 Å². The Morgan fingerprint density at radius 2 is 1.22 bits per heavy atom. The lowest BCUT2D eigenvalue weighted by Crippen LogP contribution is -2.51. The van der Waals surface area contributed by atoms with Gasteiger partial charge in [0.2, 0.25) is 11.8 Å². The normalized spacial score (nSPS) is 20.9. The summed E-state index contributed by atoms with van der Waals surface area (Å²) in [6.45, 7) is 12.2. The van der Waals surface area contributed by atoms with Crippen molar-refractivity contribution < 1.29 is 38.1 Å². The number of aromatic amines is 2. The Labute approximate surface area is 377 Å². The van der Waals surface area contributed by atoms with Gasteiger partial charge in [-0.15, -0.1) is 0 Å². The summed E-state index contributed by atoms with van der Waals surface area (Å²) < 4.78 is 26.4. The highest BCUT2D eigenvalue weighted by molar-refractivity contribution is 5.87. The summed E-state index contributed by atoms with van der Waals surface area (Å²) in [4.78, 5) is 74.0. The number of hydrogen-bond acceptors (Lipinski definition) is 9. The molecular weight excluding hydrogens is 834 g/mol. The fourth-order valence-corrected chi connectivity index (χ4v) is 9.98. The van der Waals surface area contributed by atoms with Gasteiger partial charge in [-0.1, -0.05) is 39.8 Å². The predicted molar refractivity (Wildman–Crippen MR) is 243 cm³/mol. The van der Waals surface area contributed by atoms with Gasteiger partial charge in [-0.25, -0.2) is 23.9 Å². The van der Waals surface area contributed by atoms with E-state index in [9.17, 15) is 24.3 Å². The highest BCUT2D eigenvalue weighted by Crippen LogP contribution is 2.48. The molecule has 5 N–H and O–H groups in total. The maximum absolute atomic E-state index is 15.9. The molecule has 0 spiro atoms. The van der Waals surface area contributed by atoms with Crippen molar-refractivity contribution in [3.05, 3.63) is 83.2 Å². The fourth-order valence-electron chi connectivity index (χ4n) is 9.98. The second-order valence-electron chi connectivity index (χ2n) is 18.5. The van der Waals surface area contributed by atoms with E-state index in [1.54, 1.807) is 21.9 Å². The number of carbonyl (C=O) groups is 4. The molecule has 65 heavy (non-hydrogen) atoms. The minimum atomic E-state index is -1.24. The molecule has 0 aliphatic carbocycles. The van der Waals surface area contributed by atoms with Crippen molar-refractivity contribution in [2.24, 2.45) is 11.8 Å². The molecule has 3 fully saturated rings. The molecule has 16 nitrogen and oxygen atoms in total. The third kappa shape index (κ3) is 9.14. The number of nitrogens with zero attached hydrogens (tertiary/aromatic N) is 5. The van der Waals surface area contributed by atoms with Crippen LogP contribution in [0.25, 0.3) is 22.1 Å². The van der Waals surface area contributed by atoms with Crippen LogP contribution in [-0.2, 0) is 14.3 Å². The van der Waals surface area contributed by atoms with Gasteiger partial charge in [0.15, 0.2) is 11.6 Å². The van der Waals surface area contributed by atoms with Crippen LogP contribution in [0, 0.1) is 17.7 Å². The molecule has 3 aliphatic rings. The Morgan fingerprint density at radius 3 is 1.66 bits per heavy atom. The Hall–Kier alpha value is -6.39. The largest absolute Gasteiger partial charge is 0.488 e. The van der Waals surface area contributed by atoms with Gasteiger partial charge in [0.1, 0.15) is 23.7 Å². The van der Waals surface area contributed by atoms with Crippen molar-refractivity contribution in [1.29, 1.82) is 0 Å². The first-order valence-electron chi connectivity index (χ1n) is 22.8. The molecule has 346 valence electrons. The quantitative estimate of drug-likeness (QED) is 0.0765. The Balaban J connectivity index is 1.10. The van der Waals surface area contributed by atoms with Gasteiger partial charge < -0.3 is 49.9 Å². The average Bonchev–Trinajstić information content (AvgIpc) is 4.12. The van der Waals surface area contributed by atoms with Crippen LogP contribution in [0.15, 0.2) is 54.6 Å². The molecule has 0 bridgehead atoms. The number of hydrogen-bond donors (Lipinski definition) is 5. The molecule has 0 saturated carbocycles. The maximum Gasteiger partial charge on any atom is 0.407 e. The number of likely N-dealkylation sites (tertiary alicyclic amines) is 2. The zero-order valence-electron chi connectivity index (χ0n) is 38.1. The van der Waals surface area contributed by atoms with Crippen molar-refractivity contribution in [1.82, 2.24) is 40.4 Å². The Morgan fingerprint density at radius 1 is 0.708 bits per heavy atom. The summed E-state index contributed by atoms with van der Waals surface area (Å²) >= 11 is 0. The number of benzene rings is 3. The van der Waals surface area contributed by atoms with E-state index in [2.05, 4.69) is 49.8 Å². The molecule has 5 heterocycles. The molecule has 4 amide bonds. The molecule has 2 unspecified atom stereocenters. The van der Waals surface area contributed by atoms with Gasteiger partial charge in [0.05, 0.1) is 59.4 Å². The van der Waals surface area contributed by atoms with Crippen molar-refractivity contribution in [2.45, 2.75) is 122 Å². The van der Waals surface area contributed by atoms with Gasteiger partial charge in [0, 0.05) is 24.8 Å². The van der Waals surface area contributed by atoms with Crippen molar-refractivity contribution in [3.63, 3.8) is 0 Å². The summed E-state index contributed by atoms with van der Waals surface area (Å²) in [5.74, 6) is 0.246. The molecule has 8 rings (SSSR count). The first-order chi connectivity index (χ1) is 31.1. The van der Waals surface area contributed by atoms with E-state index < -0.39 is 30.1 Å². The molecule has 6 atom stereocenters. The fraction of sp³-hybridized carbons (Fsp3) is 0.500. The summed E-state index contributed by atoms with van der Waals surface area (Å²) in [6, 6.07) is 14.9. The summed E-state index contributed by atoms with van der Waals surface area (Å²) in [6.07, 6.45) is 2.44. The zero-order chi connectivity index (χ0) is 46.3. The van der Waals surface area contributed by atoms with Crippen LogP contribution in [0.3, 0.4) is 0 Å². The third-order valence-electron chi connectivity index (χ3n) is 13.1. The smallest absolute Gasteiger partial charge is 0.407 e. The monoisotopic (exact) mass is 893 g/mol. The minimum Gasteiger partial charge on any atom is -0.488 e. The van der Waals surface area contributed by atoms with Crippen LogP contribution in [0.5, 0.6) is 5.75 Å². The lowest BCUT2D eigenvalue weighted by molar-refractivity contribution is -0.136. The summed E-state index contributed by atoms with van der Waals surface area (Å²) in [7, 11) is 1.28. The number of ether oxygens (including phenoxy) is 2. The van der Waals surface area contributed by atoms with Crippen molar-refractivity contribution in [2.75, 3.05) is 25.1 Å². The zero-order valence-corrected chi connectivity index (χ0v) is 38.1. The van der Waals surface area contributed by atoms with E-state index in [1.165, 1.54) is 7.11 Å². The number of anilines is 1. The van der Waals surface area contributed by atoms with Crippen LogP contribution in [-0.4, -0.2) is 97.2 Å². The topological polar surface area (TPSA) is 198 Å². The highest BCUT2D eigenvalue weighted by atomic mass is 19.1. The highest BCUT2D eigenvalue weighted by Gasteiger charge is 2.40. The van der Waals surface area contributed by atoms with Gasteiger partial charge >= 0.3 is 12.2 Å². The van der Waals surface area contributed by atoms with E-state index in [0.29, 0.717) is 36.8 Å². The van der Waals surface area contributed by atoms with E-state index in [-0.39, 0.29) is 59.7 Å². The second-order valence-corrected chi connectivity index (χ2v) is 18.5. The van der Waals surface area contributed by atoms with Gasteiger partial charge in [-0.05, 0) is 112 Å². The molecule has 3 saturated heterocycles. The van der Waals surface area contributed by atoms with Gasteiger partial charge in [-0.2, -0.15) is 0 Å². The minimum absolute atomic E-state index is 0.146. The van der Waals surface area contributed by atoms with Crippen LogP contribution < -0.4 is 20.3 Å². The number of halogens is 1. The lowest BCUT2D eigenvalue weighted by atomic mass is 10.0.